The maximum atomic E-state index is 5.26. The molecule has 1 N–H and O–H groups in total. The molecule has 0 aromatic carbocycles. The van der Waals surface area contributed by atoms with Crippen molar-refractivity contribution in [2.45, 2.75) is 25.3 Å². The first-order valence-corrected chi connectivity index (χ1v) is 7.18. The Hall–Kier alpha value is -1.05. The number of nitrogens with one attached hydrogen (secondary N) is 1. The lowest BCUT2D eigenvalue weighted by Gasteiger charge is -2.05. The molecule has 1 aliphatic rings. The Morgan fingerprint density at radius 1 is 1.61 bits per heavy atom. The predicted octanol–water partition coefficient (Wildman–Crippen LogP) is 2.59. The van der Waals surface area contributed by atoms with Crippen molar-refractivity contribution < 1.29 is 4.74 Å². The average molecular weight is 282 g/mol. The van der Waals surface area contributed by atoms with E-state index >= 15 is 0 Å². The quantitative estimate of drug-likeness (QED) is 0.856. The largest absolute Gasteiger partial charge is 0.383 e. The summed E-state index contributed by atoms with van der Waals surface area (Å²) in [6.07, 6.45) is 2.47. The number of hydrogen-bond acceptors (Lipinski definition) is 5. The van der Waals surface area contributed by atoms with Crippen LogP contribution in [-0.4, -0.2) is 33.5 Å². The molecule has 2 heterocycles. The van der Waals surface area contributed by atoms with E-state index in [1.165, 1.54) is 18.5 Å². The Kier molecular flexibility index (Phi) is 3.27. The molecule has 0 aliphatic heterocycles. The third kappa shape index (κ3) is 2.13. The topological polar surface area (TPSA) is 55.7 Å². The molecule has 18 heavy (non-hydrogen) atoms. The lowest BCUT2D eigenvalue weighted by Crippen LogP contribution is -2.06. The SMILES string of the molecule is COCCn1c(-c2scnc2C2CC2)n[nH]c1=S. The van der Waals surface area contributed by atoms with Gasteiger partial charge in [0.15, 0.2) is 10.6 Å². The zero-order valence-corrected chi connectivity index (χ0v) is 11.7. The van der Waals surface area contributed by atoms with Crippen molar-refractivity contribution in [2.75, 3.05) is 13.7 Å². The number of thiazole rings is 1. The van der Waals surface area contributed by atoms with Crippen LogP contribution in [0.1, 0.15) is 24.5 Å². The van der Waals surface area contributed by atoms with Gasteiger partial charge in [-0.3, -0.25) is 9.67 Å². The summed E-state index contributed by atoms with van der Waals surface area (Å²) in [5.74, 6) is 1.51. The van der Waals surface area contributed by atoms with E-state index in [1.807, 2.05) is 10.1 Å². The van der Waals surface area contributed by atoms with Gasteiger partial charge in [0.1, 0.15) is 0 Å². The van der Waals surface area contributed by atoms with Crippen LogP contribution in [0.3, 0.4) is 0 Å². The number of hydrogen-bond donors (Lipinski definition) is 1. The standard InChI is InChI=1S/C11H14N4OS2/c1-16-5-4-15-10(13-14-11(15)17)9-8(7-2-3-7)12-6-18-9/h6-7H,2-5H2,1H3,(H,14,17). The van der Waals surface area contributed by atoms with Gasteiger partial charge in [-0.15, -0.1) is 11.3 Å². The number of rotatable bonds is 5. The van der Waals surface area contributed by atoms with Crippen LogP contribution in [-0.2, 0) is 11.3 Å². The molecule has 0 unspecified atom stereocenters. The molecule has 2 aromatic rings. The van der Waals surface area contributed by atoms with Crippen molar-refractivity contribution in [1.29, 1.82) is 0 Å². The average Bonchev–Trinajstić information content (AvgIpc) is 2.99. The Bertz CT molecular complexity index is 596. The van der Waals surface area contributed by atoms with Crippen molar-refractivity contribution >= 4 is 23.6 Å². The summed E-state index contributed by atoms with van der Waals surface area (Å²) in [5.41, 5.74) is 3.06. The second kappa shape index (κ2) is 4.91. The lowest BCUT2D eigenvalue weighted by molar-refractivity contribution is 0.187. The van der Waals surface area contributed by atoms with Gasteiger partial charge in [-0.25, -0.2) is 4.98 Å². The number of aromatic nitrogens is 4. The van der Waals surface area contributed by atoms with Crippen LogP contribution in [0.15, 0.2) is 5.51 Å². The minimum absolute atomic E-state index is 0.618. The van der Waals surface area contributed by atoms with Crippen LogP contribution in [0.5, 0.6) is 0 Å². The van der Waals surface area contributed by atoms with Crippen LogP contribution >= 0.6 is 23.6 Å². The van der Waals surface area contributed by atoms with E-state index in [4.69, 9.17) is 17.0 Å². The Labute approximate surface area is 114 Å². The third-order valence-electron chi connectivity index (χ3n) is 3.04. The predicted molar refractivity (Wildman–Crippen MR) is 72.4 cm³/mol. The summed E-state index contributed by atoms with van der Waals surface area (Å²) < 4.78 is 7.73. The molecule has 0 spiro atoms. The molecule has 0 radical (unpaired) electrons. The van der Waals surface area contributed by atoms with Crippen molar-refractivity contribution in [1.82, 2.24) is 19.7 Å². The fourth-order valence-corrected chi connectivity index (χ4v) is 3.05. The minimum Gasteiger partial charge on any atom is -0.383 e. The molecule has 1 fully saturated rings. The highest BCUT2D eigenvalue weighted by Gasteiger charge is 2.30. The summed E-state index contributed by atoms with van der Waals surface area (Å²) in [4.78, 5) is 5.61. The molecular formula is C11H14N4OS2. The molecule has 96 valence electrons. The lowest BCUT2D eigenvalue weighted by atomic mass is 10.2. The number of aromatic amines is 1. The Balaban J connectivity index is 2.00. The van der Waals surface area contributed by atoms with E-state index in [9.17, 15) is 0 Å². The van der Waals surface area contributed by atoms with Crippen LogP contribution in [0.25, 0.3) is 10.7 Å². The fraction of sp³-hybridized carbons (Fsp3) is 0.545. The minimum atomic E-state index is 0.618. The highest BCUT2D eigenvalue weighted by Crippen LogP contribution is 2.44. The highest BCUT2D eigenvalue weighted by molar-refractivity contribution is 7.71. The van der Waals surface area contributed by atoms with Gasteiger partial charge < -0.3 is 4.74 Å². The van der Waals surface area contributed by atoms with Crippen LogP contribution in [0, 0.1) is 4.77 Å². The summed E-state index contributed by atoms with van der Waals surface area (Å²) in [7, 11) is 1.69. The zero-order valence-electron chi connectivity index (χ0n) is 10.0. The normalized spacial score (nSPS) is 15.2. The molecule has 5 nitrogen and oxygen atoms in total. The summed E-state index contributed by atoms with van der Waals surface area (Å²) in [6, 6.07) is 0. The fourth-order valence-electron chi connectivity index (χ4n) is 1.95. The zero-order chi connectivity index (χ0) is 12.5. The summed E-state index contributed by atoms with van der Waals surface area (Å²) >= 11 is 6.89. The van der Waals surface area contributed by atoms with Gasteiger partial charge in [-0.1, -0.05) is 0 Å². The van der Waals surface area contributed by atoms with Crippen molar-refractivity contribution in [3.8, 4) is 10.7 Å². The van der Waals surface area contributed by atoms with E-state index in [2.05, 4.69) is 15.2 Å². The number of methoxy groups -OCH3 is 1. The van der Waals surface area contributed by atoms with Crippen molar-refractivity contribution in [3.05, 3.63) is 16.0 Å². The van der Waals surface area contributed by atoms with E-state index in [0.29, 0.717) is 23.8 Å². The van der Waals surface area contributed by atoms with E-state index in [-0.39, 0.29) is 0 Å². The van der Waals surface area contributed by atoms with Crippen molar-refractivity contribution in [2.24, 2.45) is 0 Å². The van der Waals surface area contributed by atoms with Crippen LogP contribution < -0.4 is 0 Å². The van der Waals surface area contributed by atoms with Gasteiger partial charge in [0.05, 0.1) is 29.2 Å². The Morgan fingerprint density at radius 3 is 3.17 bits per heavy atom. The van der Waals surface area contributed by atoms with Crippen LogP contribution in [0.4, 0.5) is 0 Å². The smallest absolute Gasteiger partial charge is 0.195 e. The number of H-pyrrole nitrogens is 1. The first-order valence-electron chi connectivity index (χ1n) is 5.89. The van der Waals surface area contributed by atoms with Gasteiger partial charge in [-0.2, -0.15) is 5.10 Å². The number of ether oxygens (including phenoxy) is 1. The van der Waals surface area contributed by atoms with E-state index in [1.54, 1.807) is 18.4 Å². The molecule has 0 atom stereocenters. The van der Waals surface area contributed by atoms with E-state index < -0.39 is 0 Å². The highest BCUT2D eigenvalue weighted by atomic mass is 32.1. The molecule has 2 aromatic heterocycles. The maximum Gasteiger partial charge on any atom is 0.195 e. The van der Waals surface area contributed by atoms with Gasteiger partial charge >= 0.3 is 0 Å². The molecule has 1 aliphatic carbocycles. The second-order valence-electron chi connectivity index (χ2n) is 4.34. The number of nitrogens with zero attached hydrogens (tertiary/aromatic N) is 3. The summed E-state index contributed by atoms with van der Waals surface area (Å²) in [6.45, 7) is 1.33. The molecule has 0 bridgehead atoms. The van der Waals surface area contributed by atoms with Crippen molar-refractivity contribution in [3.63, 3.8) is 0 Å². The van der Waals surface area contributed by atoms with E-state index in [0.717, 1.165) is 10.7 Å². The first-order chi connectivity index (χ1) is 8.81. The van der Waals surface area contributed by atoms with Gasteiger partial charge in [0.2, 0.25) is 0 Å². The molecule has 7 heteroatoms. The van der Waals surface area contributed by atoms with Gasteiger partial charge in [-0.05, 0) is 25.1 Å². The molecule has 3 rings (SSSR count). The third-order valence-corrected chi connectivity index (χ3v) is 4.19. The second-order valence-corrected chi connectivity index (χ2v) is 5.58. The molecule has 0 saturated heterocycles. The Morgan fingerprint density at radius 2 is 2.44 bits per heavy atom. The first kappa shape index (κ1) is 12.0. The van der Waals surface area contributed by atoms with Crippen LogP contribution in [0.2, 0.25) is 0 Å². The molecule has 1 saturated carbocycles. The maximum absolute atomic E-state index is 5.26. The molecular weight excluding hydrogens is 268 g/mol. The monoisotopic (exact) mass is 282 g/mol. The summed E-state index contributed by atoms with van der Waals surface area (Å²) in [5, 5.41) is 7.20. The van der Waals surface area contributed by atoms with Gasteiger partial charge in [0, 0.05) is 13.0 Å². The molecule has 0 amide bonds. The van der Waals surface area contributed by atoms with Gasteiger partial charge in [0.25, 0.3) is 0 Å².